The van der Waals surface area contributed by atoms with Crippen LogP contribution in [-0.2, 0) is 6.54 Å². The van der Waals surface area contributed by atoms with Crippen molar-refractivity contribution in [3.8, 4) is 11.8 Å². The number of nitrogens with zero attached hydrogens (tertiary/aromatic N) is 3. The third kappa shape index (κ3) is 4.49. The molecule has 0 bridgehead atoms. The zero-order valence-corrected chi connectivity index (χ0v) is 15.1. The van der Waals surface area contributed by atoms with Crippen LogP contribution in [0, 0.1) is 0 Å². The molecule has 2 aromatic heterocycles. The van der Waals surface area contributed by atoms with Crippen molar-refractivity contribution in [1.29, 1.82) is 0 Å². The minimum atomic E-state index is -0.132. The summed E-state index contributed by atoms with van der Waals surface area (Å²) in [6.07, 6.45) is 5.29. The zero-order chi connectivity index (χ0) is 18.4. The van der Waals surface area contributed by atoms with Gasteiger partial charge in [0.05, 0.1) is 14.2 Å². The lowest BCUT2D eigenvalue weighted by molar-refractivity contribution is 0.0905. The van der Waals surface area contributed by atoms with Crippen LogP contribution in [0.15, 0.2) is 36.7 Å². The van der Waals surface area contributed by atoms with Crippen LogP contribution in [0.3, 0.4) is 0 Å². The first-order valence-corrected chi connectivity index (χ1v) is 8.70. The minimum absolute atomic E-state index is 0.132. The van der Waals surface area contributed by atoms with Gasteiger partial charge in [0.15, 0.2) is 0 Å². The molecule has 0 unspecified atom stereocenters. The molecule has 2 aromatic rings. The van der Waals surface area contributed by atoms with E-state index < -0.39 is 0 Å². The molecule has 0 aromatic carbocycles. The molecule has 138 valence electrons. The van der Waals surface area contributed by atoms with Crippen molar-refractivity contribution in [1.82, 2.24) is 20.2 Å². The number of aromatic nitrogens is 2. The number of likely N-dealkylation sites (tertiary alicyclic amines) is 1. The third-order valence-corrected chi connectivity index (χ3v) is 4.54. The Bertz CT molecular complexity index is 728. The molecular weight excluding hydrogens is 332 g/mol. The maximum absolute atomic E-state index is 12.5. The van der Waals surface area contributed by atoms with E-state index in [2.05, 4.69) is 20.2 Å². The van der Waals surface area contributed by atoms with Gasteiger partial charge in [0.1, 0.15) is 5.56 Å². The van der Waals surface area contributed by atoms with E-state index in [0.29, 0.717) is 17.3 Å². The molecule has 3 rings (SSSR count). The van der Waals surface area contributed by atoms with Gasteiger partial charge in [0.25, 0.3) is 5.91 Å². The summed E-state index contributed by atoms with van der Waals surface area (Å²) in [6, 6.07) is 7.55. The molecule has 1 fully saturated rings. The number of hydrogen-bond acceptors (Lipinski definition) is 6. The second kappa shape index (κ2) is 8.62. The Morgan fingerprint density at radius 2 is 2.00 bits per heavy atom. The highest BCUT2D eigenvalue weighted by Gasteiger charge is 2.22. The highest BCUT2D eigenvalue weighted by molar-refractivity contribution is 5.96. The lowest BCUT2D eigenvalue weighted by atomic mass is 10.0. The maximum atomic E-state index is 12.5. The zero-order valence-electron chi connectivity index (χ0n) is 15.1. The van der Waals surface area contributed by atoms with Crippen molar-refractivity contribution in [3.05, 3.63) is 47.8 Å². The fraction of sp³-hybridized carbons (Fsp3) is 0.421. The smallest absolute Gasteiger partial charge is 0.256 e. The highest BCUT2D eigenvalue weighted by atomic mass is 16.5. The number of methoxy groups -OCH3 is 2. The third-order valence-electron chi connectivity index (χ3n) is 4.54. The average molecular weight is 356 g/mol. The number of nitrogens with one attached hydrogen (secondary N) is 1. The number of rotatable bonds is 6. The van der Waals surface area contributed by atoms with E-state index in [9.17, 15) is 4.79 Å². The van der Waals surface area contributed by atoms with Gasteiger partial charge >= 0.3 is 0 Å². The molecule has 26 heavy (non-hydrogen) atoms. The van der Waals surface area contributed by atoms with Crippen molar-refractivity contribution in [2.75, 3.05) is 27.3 Å². The van der Waals surface area contributed by atoms with Crippen molar-refractivity contribution in [2.24, 2.45) is 0 Å². The summed E-state index contributed by atoms with van der Waals surface area (Å²) in [5, 5.41) is 3.09. The lowest BCUT2D eigenvalue weighted by Crippen LogP contribution is -2.44. The Kier molecular flexibility index (Phi) is 6.01. The quantitative estimate of drug-likeness (QED) is 0.852. The second-order valence-electron chi connectivity index (χ2n) is 6.29. The Morgan fingerprint density at radius 1 is 1.19 bits per heavy atom. The Labute approximate surface area is 153 Å². The number of carbonyl (C=O) groups is 1. The monoisotopic (exact) mass is 356 g/mol. The number of piperidine rings is 1. The normalized spacial score (nSPS) is 15.5. The number of pyridine rings is 2. The van der Waals surface area contributed by atoms with Gasteiger partial charge in [-0.15, -0.1) is 0 Å². The van der Waals surface area contributed by atoms with Crippen LogP contribution in [0.1, 0.15) is 28.8 Å². The van der Waals surface area contributed by atoms with Crippen LogP contribution in [0.25, 0.3) is 0 Å². The Morgan fingerprint density at radius 3 is 2.65 bits per heavy atom. The van der Waals surface area contributed by atoms with Crippen molar-refractivity contribution in [3.63, 3.8) is 0 Å². The summed E-state index contributed by atoms with van der Waals surface area (Å²) in [6.45, 7) is 2.72. The first-order chi connectivity index (χ1) is 12.7. The van der Waals surface area contributed by atoms with Crippen LogP contribution in [0.4, 0.5) is 0 Å². The molecule has 0 atom stereocenters. The predicted molar refractivity (Wildman–Crippen MR) is 97.3 cm³/mol. The molecule has 1 N–H and O–H groups in total. The average Bonchev–Trinajstić information content (AvgIpc) is 2.70. The van der Waals surface area contributed by atoms with Crippen LogP contribution in [0.2, 0.25) is 0 Å². The summed E-state index contributed by atoms with van der Waals surface area (Å²) in [7, 11) is 3.13. The van der Waals surface area contributed by atoms with Gasteiger partial charge < -0.3 is 14.8 Å². The molecule has 0 spiro atoms. The van der Waals surface area contributed by atoms with Gasteiger partial charge in [0.2, 0.25) is 11.8 Å². The summed E-state index contributed by atoms with van der Waals surface area (Å²) in [4.78, 5) is 23.2. The molecule has 1 aliphatic heterocycles. The van der Waals surface area contributed by atoms with Gasteiger partial charge in [-0.1, -0.05) is 6.07 Å². The van der Waals surface area contributed by atoms with Crippen LogP contribution < -0.4 is 14.8 Å². The molecule has 7 heteroatoms. The van der Waals surface area contributed by atoms with Crippen LogP contribution in [-0.4, -0.2) is 54.1 Å². The fourth-order valence-electron chi connectivity index (χ4n) is 3.11. The van der Waals surface area contributed by atoms with E-state index in [4.69, 9.17) is 9.47 Å². The minimum Gasteiger partial charge on any atom is -0.481 e. The molecule has 1 aliphatic rings. The molecule has 1 saturated heterocycles. The number of hydrogen-bond donors (Lipinski definition) is 1. The first-order valence-electron chi connectivity index (χ1n) is 8.70. The first kappa shape index (κ1) is 18.1. The van der Waals surface area contributed by atoms with E-state index in [1.54, 1.807) is 25.4 Å². The highest BCUT2D eigenvalue weighted by Crippen LogP contribution is 2.17. The molecule has 7 nitrogen and oxygen atoms in total. The standard InChI is InChI=1S/C19H24N4O3/c1-25-17-6-5-14(12-21-17)13-23-10-7-15(8-11-23)22-18(24)16-4-3-9-20-19(16)26-2/h3-6,9,12,15H,7-8,10-11,13H2,1-2H3,(H,22,24). The van der Waals surface area contributed by atoms with E-state index in [1.807, 2.05) is 18.3 Å². The summed E-state index contributed by atoms with van der Waals surface area (Å²) in [5.74, 6) is 0.850. The van der Waals surface area contributed by atoms with E-state index in [-0.39, 0.29) is 11.9 Å². The SMILES string of the molecule is COc1ccc(CN2CCC(NC(=O)c3cccnc3OC)CC2)cn1. The lowest BCUT2D eigenvalue weighted by Gasteiger charge is -2.32. The van der Waals surface area contributed by atoms with E-state index in [1.165, 1.54) is 7.11 Å². The fourth-order valence-corrected chi connectivity index (χ4v) is 3.11. The van der Waals surface area contributed by atoms with Crippen LogP contribution >= 0.6 is 0 Å². The summed E-state index contributed by atoms with van der Waals surface area (Å²) in [5.41, 5.74) is 1.63. The van der Waals surface area contributed by atoms with Gasteiger partial charge in [0, 0.05) is 44.1 Å². The summed E-state index contributed by atoms with van der Waals surface area (Å²) >= 11 is 0. The maximum Gasteiger partial charge on any atom is 0.256 e. The molecular formula is C19H24N4O3. The number of ether oxygens (including phenoxy) is 2. The van der Waals surface area contributed by atoms with Gasteiger partial charge in [-0.2, -0.15) is 0 Å². The molecule has 0 saturated carbocycles. The topological polar surface area (TPSA) is 76.6 Å². The summed E-state index contributed by atoms with van der Waals surface area (Å²) < 4.78 is 10.2. The van der Waals surface area contributed by atoms with Gasteiger partial charge in [-0.3, -0.25) is 9.69 Å². The Hall–Kier alpha value is -2.67. The predicted octanol–water partition coefficient (Wildman–Crippen LogP) is 1.89. The van der Waals surface area contributed by atoms with Crippen molar-refractivity contribution < 1.29 is 14.3 Å². The van der Waals surface area contributed by atoms with E-state index in [0.717, 1.165) is 38.0 Å². The van der Waals surface area contributed by atoms with Gasteiger partial charge in [-0.25, -0.2) is 9.97 Å². The molecule has 1 amide bonds. The number of carbonyl (C=O) groups excluding carboxylic acids is 1. The molecule has 3 heterocycles. The van der Waals surface area contributed by atoms with Crippen molar-refractivity contribution >= 4 is 5.91 Å². The second-order valence-corrected chi connectivity index (χ2v) is 6.29. The number of amides is 1. The molecule has 0 aliphatic carbocycles. The molecule has 0 radical (unpaired) electrons. The van der Waals surface area contributed by atoms with Crippen molar-refractivity contribution in [2.45, 2.75) is 25.4 Å². The Balaban J connectivity index is 1.49. The van der Waals surface area contributed by atoms with Crippen LogP contribution in [0.5, 0.6) is 11.8 Å². The largest absolute Gasteiger partial charge is 0.481 e. The van der Waals surface area contributed by atoms with E-state index >= 15 is 0 Å². The van der Waals surface area contributed by atoms with Gasteiger partial charge in [-0.05, 0) is 30.5 Å².